The summed E-state index contributed by atoms with van der Waals surface area (Å²) in [5.41, 5.74) is -1.03. The van der Waals surface area contributed by atoms with Gasteiger partial charge >= 0.3 is 12.0 Å². The molecule has 2 heterocycles. The number of hydrogen-bond donors (Lipinski definition) is 2. The zero-order valence-electron chi connectivity index (χ0n) is 12.4. The molecule has 0 aromatic carbocycles. The quantitative estimate of drug-likeness (QED) is 0.804. The van der Waals surface area contributed by atoms with Gasteiger partial charge in [0.1, 0.15) is 0 Å². The molecule has 0 bridgehead atoms. The molecule has 2 rings (SSSR count). The Hall–Kier alpha value is -1.30. The molecule has 20 heavy (non-hydrogen) atoms. The largest absolute Gasteiger partial charge is 0.481 e. The van der Waals surface area contributed by atoms with E-state index in [2.05, 4.69) is 5.32 Å². The molecule has 2 saturated heterocycles. The maximum Gasteiger partial charge on any atom is 0.317 e. The van der Waals surface area contributed by atoms with Crippen molar-refractivity contribution in [2.45, 2.75) is 51.7 Å². The molecule has 2 unspecified atom stereocenters. The molecule has 0 aliphatic carbocycles. The molecule has 2 amide bonds. The minimum atomic E-state index is -0.776. The Balaban J connectivity index is 1.91. The van der Waals surface area contributed by atoms with Crippen molar-refractivity contribution in [3.8, 4) is 0 Å². The molecule has 0 spiro atoms. The zero-order chi connectivity index (χ0) is 15.0. The van der Waals surface area contributed by atoms with E-state index < -0.39 is 11.4 Å². The number of hydrogen-bond acceptors (Lipinski definition) is 3. The monoisotopic (exact) mass is 284 g/mol. The Morgan fingerprint density at radius 3 is 2.30 bits per heavy atom. The fourth-order valence-electron chi connectivity index (χ4n) is 2.74. The Bertz CT molecular complexity index is 404. The average Bonchev–Trinajstić information content (AvgIpc) is 2.70. The minimum absolute atomic E-state index is 0.000487. The van der Waals surface area contributed by atoms with Crippen LogP contribution >= 0.6 is 0 Å². The number of aliphatic carboxylic acids is 1. The molecule has 0 saturated carbocycles. The van der Waals surface area contributed by atoms with Gasteiger partial charge in [-0.05, 0) is 40.0 Å². The lowest BCUT2D eigenvalue weighted by atomic mass is 9.80. The second-order valence-electron chi connectivity index (χ2n) is 6.46. The van der Waals surface area contributed by atoms with E-state index in [9.17, 15) is 14.7 Å². The second kappa shape index (κ2) is 5.24. The number of carboxylic acids is 1. The number of amides is 2. The van der Waals surface area contributed by atoms with Gasteiger partial charge in [0.2, 0.25) is 0 Å². The van der Waals surface area contributed by atoms with Gasteiger partial charge in [0.05, 0.1) is 17.1 Å². The van der Waals surface area contributed by atoms with Crippen molar-refractivity contribution in [1.82, 2.24) is 10.2 Å². The third kappa shape index (κ3) is 2.75. The van der Waals surface area contributed by atoms with Crippen molar-refractivity contribution in [2.24, 2.45) is 5.41 Å². The molecule has 0 aromatic heterocycles. The van der Waals surface area contributed by atoms with Crippen LogP contribution in [0.2, 0.25) is 0 Å². The molecule has 2 aliphatic rings. The molecule has 6 heteroatoms. The van der Waals surface area contributed by atoms with Gasteiger partial charge in [-0.2, -0.15) is 0 Å². The van der Waals surface area contributed by atoms with Gasteiger partial charge < -0.3 is 20.1 Å². The van der Waals surface area contributed by atoms with Crippen molar-refractivity contribution in [3.63, 3.8) is 0 Å². The molecular weight excluding hydrogens is 260 g/mol. The molecule has 2 fully saturated rings. The molecular formula is C14H24N2O4. The van der Waals surface area contributed by atoms with Gasteiger partial charge in [0.15, 0.2) is 0 Å². The van der Waals surface area contributed by atoms with Crippen molar-refractivity contribution >= 4 is 12.0 Å². The van der Waals surface area contributed by atoms with Crippen molar-refractivity contribution < 1.29 is 19.4 Å². The number of nitrogens with one attached hydrogen (secondary N) is 1. The Morgan fingerprint density at radius 2 is 1.85 bits per heavy atom. The number of nitrogens with zero attached hydrogens (tertiary/aromatic N) is 1. The summed E-state index contributed by atoms with van der Waals surface area (Å²) in [4.78, 5) is 25.2. The van der Waals surface area contributed by atoms with E-state index in [1.165, 1.54) is 0 Å². The first-order valence-corrected chi connectivity index (χ1v) is 7.19. The van der Waals surface area contributed by atoms with Crippen LogP contribution in [-0.4, -0.2) is 53.3 Å². The third-order valence-corrected chi connectivity index (χ3v) is 4.95. The predicted molar refractivity (Wildman–Crippen MR) is 73.5 cm³/mol. The lowest BCUT2D eigenvalue weighted by Crippen LogP contribution is -2.57. The van der Waals surface area contributed by atoms with Gasteiger partial charge in [0.25, 0.3) is 0 Å². The van der Waals surface area contributed by atoms with Crippen molar-refractivity contribution in [3.05, 3.63) is 0 Å². The zero-order valence-corrected chi connectivity index (χ0v) is 12.4. The number of rotatable bonds is 2. The average molecular weight is 284 g/mol. The normalized spacial score (nSPS) is 33.0. The van der Waals surface area contributed by atoms with Gasteiger partial charge in [0, 0.05) is 19.7 Å². The standard InChI is InChI=1S/C14H24N2O4/c1-10-14(3,6-9-20-10)15-12(19)16-7-4-13(2,5-8-16)11(17)18/h10H,4-9H2,1-3H3,(H,15,19)(H,17,18). The van der Waals surface area contributed by atoms with Crippen molar-refractivity contribution in [1.29, 1.82) is 0 Å². The summed E-state index contributed by atoms with van der Waals surface area (Å²) in [6.07, 6.45) is 1.80. The van der Waals surface area contributed by atoms with E-state index in [0.717, 1.165) is 6.42 Å². The van der Waals surface area contributed by atoms with Gasteiger partial charge in [-0.15, -0.1) is 0 Å². The lowest BCUT2D eigenvalue weighted by Gasteiger charge is -2.38. The molecule has 114 valence electrons. The predicted octanol–water partition coefficient (Wildman–Crippen LogP) is 1.45. The van der Waals surface area contributed by atoms with E-state index in [4.69, 9.17) is 4.74 Å². The topological polar surface area (TPSA) is 78.9 Å². The van der Waals surface area contributed by atoms with Crippen LogP contribution in [-0.2, 0) is 9.53 Å². The van der Waals surface area contributed by atoms with Crippen LogP contribution in [0.15, 0.2) is 0 Å². The number of carboxylic acid groups (broad SMARTS) is 1. The number of urea groups is 1. The summed E-state index contributed by atoms with van der Waals surface area (Å²) in [7, 11) is 0. The van der Waals surface area contributed by atoms with E-state index >= 15 is 0 Å². The summed E-state index contributed by atoms with van der Waals surface area (Å²) in [6, 6.07) is -0.114. The van der Waals surface area contributed by atoms with Crippen molar-refractivity contribution in [2.75, 3.05) is 19.7 Å². The first-order valence-electron chi connectivity index (χ1n) is 7.19. The number of piperidine rings is 1. The highest BCUT2D eigenvalue weighted by Gasteiger charge is 2.42. The summed E-state index contributed by atoms with van der Waals surface area (Å²) in [5.74, 6) is -0.776. The maximum atomic E-state index is 12.3. The summed E-state index contributed by atoms with van der Waals surface area (Å²) >= 11 is 0. The molecule has 0 aromatic rings. The fourth-order valence-corrected chi connectivity index (χ4v) is 2.74. The number of ether oxygens (including phenoxy) is 1. The summed E-state index contributed by atoms with van der Waals surface area (Å²) in [6.45, 7) is 7.34. The Morgan fingerprint density at radius 1 is 1.25 bits per heavy atom. The number of likely N-dealkylation sites (tertiary alicyclic amines) is 1. The van der Waals surface area contributed by atoms with E-state index in [1.54, 1.807) is 11.8 Å². The van der Waals surface area contributed by atoms with E-state index in [1.807, 2.05) is 13.8 Å². The van der Waals surface area contributed by atoms with Crippen LogP contribution < -0.4 is 5.32 Å². The minimum Gasteiger partial charge on any atom is -0.481 e. The summed E-state index contributed by atoms with van der Waals surface area (Å²) < 4.78 is 5.51. The molecule has 2 aliphatic heterocycles. The first-order chi connectivity index (χ1) is 9.27. The highest BCUT2D eigenvalue weighted by Crippen LogP contribution is 2.31. The second-order valence-corrected chi connectivity index (χ2v) is 6.46. The number of carbonyl (C=O) groups excluding carboxylic acids is 1. The van der Waals surface area contributed by atoms with Crippen LogP contribution in [0.25, 0.3) is 0 Å². The van der Waals surface area contributed by atoms with Gasteiger partial charge in [-0.3, -0.25) is 4.79 Å². The van der Waals surface area contributed by atoms with Gasteiger partial charge in [-0.1, -0.05) is 0 Å². The summed E-state index contributed by atoms with van der Waals surface area (Å²) in [5, 5.41) is 12.2. The lowest BCUT2D eigenvalue weighted by molar-refractivity contribution is -0.150. The fraction of sp³-hybridized carbons (Fsp3) is 0.857. The first kappa shape index (κ1) is 15.1. The van der Waals surface area contributed by atoms with Crippen LogP contribution in [0, 0.1) is 5.41 Å². The van der Waals surface area contributed by atoms with Crippen LogP contribution in [0.1, 0.15) is 40.0 Å². The number of carbonyl (C=O) groups is 2. The van der Waals surface area contributed by atoms with E-state index in [0.29, 0.717) is 32.5 Å². The SMILES string of the molecule is CC1OCCC1(C)NC(=O)N1CCC(C)(C(=O)O)CC1. The highest BCUT2D eigenvalue weighted by atomic mass is 16.5. The molecule has 2 atom stereocenters. The van der Waals surface area contributed by atoms with Crippen LogP contribution in [0.3, 0.4) is 0 Å². The molecule has 6 nitrogen and oxygen atoms in total. The van der Waals surface area contributed by atoms with E-state index in [-0.39, 0.29) is 17.7 Å². The Kier molecular flexibility index (Phi) is 3.95. The maximum absolute atomic E-state index is 12.3. The van der Waals surface area contributed by atoms with Gasteiger partial charge in [-0.25, -0.2) is 4.79 Å². The third-order valence-electron chi connectivity index (χ3n) is 4.95. The molecule has 2 N–H and O–H groups in total. The highest BCUT2D eigenvalue weighted by molar-refractivity contribution is 5.77. The Labute approximate surface area is 119 Å². The van der Waals surface area contributed by atoms with Crippen LogP contribution in [0.5, 0.6) is 0 Å². The molecule has 0 radical (unpaired) electrons. The smallest absolute Gasteiger partial charge is 0.317 e. The van der Waals surface area contributed by atoms with Crippen LogP contribution in [0.4, 0.5) is 4.79 Å².